The Morgan fingerprint density at radius 1 is 0.800 bits per heavy atom. The molecule has 1 N–H and O–H groups in total. The lowest BCUT2D eigenvalue weighted by Crippen LogP contribution is -2.54. The lowest BCUT2D eigenvalue weighted by atomic mass is 9.65. The van der Waals surface area contributed by atoms with Gasteiger partial charge < -0.3 is 42.7 Å². The van der Waals surface area contributed by atoms with E-state index in [1.165, 1.54) is 30.5 Å². The third-order valence-corrected chi connectivity index (χ3v) is 9.31. The Hall–Kier alpha value is -4.38. The molecule has 0 radical (unpaired) electrons. The van der Waals surface area contributed by atoms with Gasteiger partial charge in [-0.3, -0.25) is 9.59 Å². The highest BCUT2D eigenvalue weighted by atomic mass is 16.5. The Labute approximate surface area is 260 Å². The second-order valence-electron chi connectivity index (χ2n) is 13.0. The molecule has 11 heteroatoms. The molecule has 45 heavy (non-hydrogen) atoms. The first-order valence-corrected chi connectivity index (χ1v) is 14.8. The fourth-order valence-electron chi connectivity index (χ4n) is 7.49. The molecule has 0 amide bonds. The molecule has 4 heterocycles. The second-order valence-corrected chi connectivity index (χ2v) is 13.0. The van der Waals surface area contributed by atoms with Gasteiger partial charge in [0.25, 0.3) is 11.1 Å². The molecule has 2 aromatic carbocycles. The summed E-state index contributed by atoms with van der Waals surface area (Å²) in [6.45, 7) is 7.30. The molecular weight excluding hydrogens is 580 g/mol. The molecule has 0 saturated heterocycles. The van der Waals surface area contributed by atoms with Crippen LogP contribution in [0.25, 0.3) is 21.8 Å². The maximum Gasteiger partial charge on any atom is 0.261 e. The van der Waals surface area contributed by atoms with Gasteiger partial charge in [0.15, 0.2) is 23.0 Å². The van der Waals surface area contributed by atoms with Crippen LogP contribution >= 0.6 is 0 Å². The third-order valence-electron chi connectivity index (χ3n) is 9.31. The van der Waals surface area contributed by atoms with Gasteiger partial charge in [0.1, 0.15) is 39.8 Å². The lowest BCUT2D eigenvalue weighted by Gasteiger charge is -2.51. The topological polar surface area (TPSA) is 120 Å². The standard InChI is InChI=1S/C34H40N2O9/c1-33(2,39)15-18-21-26(16-11-13-19(40-7)28(42-9)24(16)35(5)31(21)37)44-30-22-27(45-34(3,4)23(18)30)17-12-14-20(41-8)29(43-10)25(17)36(6)32(22)38/h11-14,18,23,30,39H,15H2,1-10H3. The van der Waals surface area contributed by atoms with Crippen LogP contribution in [0.5, 0.6) is 34.5 Å². The van der Waals surface area contributed by atoms with Crippen LogP contribution in [-0.2, 0) is 14.1 Å². The highest BCUT2D eigenvalue weighted by Gasteiger charge is 2.56. The Kier molecular flexibility index (Phi) is 7.04. The molecular formula is C34H40N2O9. The van der Waals surface area contributed by atoms with Gasteiger partial charge >= 0.3 is 0 Å². The molecule has 2 aliphatic heterocycles. The number of ether oxygens (including phenoxy) is 6. The molecule has 0 fully saturated rings. The van der Waals surface area contributed by atoms with Crippen molar-refractivity contribution in [1.29, 1.82) is 0 Å². The maximum atomic E-state index is 14.4. The number of nitrogens with zero attached hydrogens (tertiary/aromatic N) is 2. The number of pyridine rings is 2. The molecule has 11 nitrogen and oxygen atoms in total. The predicted octanol–water partition coefficient (Wildman–Crippen LogP) is 4.59. The van der Waals surface area contributed by atoms with E-state index in [9.17, 15) is 14.7 Å². The third kappa shape index (κ3) is 4.34. The van der Waals surface area contributed by atoms with Crippen molar-refractivity contribution < 1.29 is 33.5 Å². The van der Waals surface area contributed by atoms with Gasteiger partial charge in [-0.25, -0.2) is 0 Å². The van der Waals surface area contributed by atoms with Crippen molar-refractivity contribution in [3.05, 3.63) is 56.1 Å². The minimum atomic E-state index is -1.16. The van der Waals surface area contributed by atoms with E-state index >= 15 is 0 Å². The zero-order chi connectivity index (χ0) is 32.7. The monoisotopic (exact) mass is 620 g/mol. The number of benzene rings is 2. The molecule has 0 saturated carbocycles. The van der Waals surface area contributed by atoms with Crippen LogP contribution in [0, 0.1) is 5.92 Å². The van der Waals surface area contributed by atoms with Gasteiger partial charge in [0.05, 0.1) is 39.6 Å². The van der Waals surface area contributed by atoms with E-state index in [-0.39, 0.29) is 17.5 Å². The number of fused-ring (bicyclic) bond motifs is 8. The SMILES string of the molecule is COc1ccc2c3c(c(=O)n(C)c2c1OC)C(CC(C)(C)O)C1C(O3)c2c(c3ccc(OC)c(OC)c3n(C)c2=O)OC1(C)C. The van der Waals surface area contributed by atoms with Gasteiger partial charge in [0.2, 0.25) is 0 Å². The first-order chi connectivity index (χ1) is 21.2. The van der Waals surface area contributed by atoms with Crippen molar-refractivity contribution >= 4 is 21.8 Å². The summed E-state index contributed by atoms with van der Waals surface area (Å²) in [4.78, 5) is 28.7. The van der Waals surface area contributed by atoms with Crippen molar-refractivity contribution in [2.75, 3.05) is 28.4 Å². The molecule has 3 unspecified atom stereocenters. The van der Waals surface area contributed by atoms with Gasteiger partial charge in [0, 0.05) is 36.7 Å². The van der Waals surface area contributed by atoms with E-state index in [1.54, 1.807) is 47.2 Å². The Balaban J connectivity index is 1.74. The molecule has 0 spiro atoms. The van der Waals surface area contributed by atoms with Gasteiger partial charge in [-0.15, -0.1) is 0 Å². The van der Waals surface area contributed by atoms with Crippen LogP contribution < -0.4 is 39.5 Å². The minimum Gasteiger partial charge on any atom is -0.493 e. The second kappa shape index (κ2) is 10.3. The van der Waals surface area contributed by atoms with Gasteiger partial charge in [-0.1, -0.05) is 0 Å². The Bertz CT molecular complexity index is 1980. The van der Waals surface area contributed by atoms with Crippen LogP contribution in [-0.4, -0.2) is 53.9 Å². The van der Waals surface area contributed by atoms with E-state index in [0.717, 1.165) is 0 Å². The molecule has 2 aliphatic rings. The van der Waals surface area contributed by atoms with Crippen LogP contribution in [0.3, 0.4) is 0 Å². The van der Waals surface area contributed by atoms with E-state index < -0.39 is 29.1 Å². The predicted molar refractivity (Wildman–Crippen MR) is 170 cm³/mol. The van der Waals surface area contributed by atoms with E-state index in [4.69, 9.17) is 28.4 Å². The molecule has 6 rings (SSSR count). The summed E-state index contributed by atoms with van der Waals surface area (Å²) in [7, 11) is 9.48. The summed E-state index contributed by atoms with van der Waals surface area (Å²) < 4.78 is 39.2. The highest BCUT2D eigenvalue weighted by molar-refractivity contribution is 5.95. The number of aryl methyl sites for hydroxylation is 2. The summed E-state index contributed by atoms with van der Waals surface area (Å²) in [6.07, 6.45) is -0.595. The average Bonchev–Trinajstić information content (AvgIpc) is 2.99. The Morgan fingerprint density at radius 3 is 1.76 bits per heavy atom. The zero-order valence-corrected chi connectivity index (χ0v) is 27.4. The quantitative estimate of drug-likeness (QED) is 0.330. The number of aromatic nitrogens is 2. The Morgan fingerprint density at radius 2 is 1.29 bits per heavy atom. The number of rotatable bonds is 6. The van der Waals surface area contributed by atoms with Crippen molar-refractivity contribution in [2.45, 2.75) is 57.3 Å². The number of aliphatic hydroxyl groups is 1. The molecule has 2 aromatic heterocycles. The van der Waals surface area contributed by atoms with E-state index in [0.29, 0.717) is 67.4 Å². The van der Waals surface area contributed by atoms with Crippen LogP contribution in [0.2, 0.25) is 0 Å². The molecule has 0 bridgehead atoms. The first kappa shape index (κ1) is 30.6. The van der Waals surface area contributed by atoms with Crippen LogP contribution in [0.4, 0.5) is 0 Å². The summed E-state index contributed by atoms with van der Waals surface area (Å²) >= 11 is 0. The summed E-state index contributed by atoms with van der Waals surface area (Å²) in [5.74, 6) is 1.42. The first-order valence-electron chi connectivity index (χ1n) is 14.8. The average molecular weight is 621 g/mol. The molecule has 4 aromatic rings. The van der Waals surface area contributed by atoms with Gasteiger partial charge in [-0.05, 0) is 58.4 Å². The summed E-state index contributed by atoms with van der Waals surface area (Å²) in [5, 5.41) is 12.5. The molecule has 3 atom stereocenters. The van der Waals surface area contributed by atoms with Crippen LogP contribution in [0.1, 0.15) is 57.3 Å². The minimum absolute atomic E-state index is 0.222. The van der Waals surface area contributed by atoms with E-state index in [2.05, 4.69) is 0 Å². The molecule has 240 valence electrons. The van der Waals surface area contributed by atoms with Gasteiger partial charge in [-0.2, -0.15) is 0 Å². The molecule has 0 aliphatic carbocycles. The fraction of sp³-hybridized carbons (Fsp3) is 0.471. The smallest absolute Gasteiger partial charge is 0.261 e. The van der Waals surface area contributed by atoms with Crippen LogP contribution in [0.15, 0.2) is 33.9 Å². The van der Waals surface area contributed by atoms with Crippen molar-refractivity contribution in [3.8, 4) is 34.5 Å². The summed E-state index contributed by atoms with van der Waals surface area (Å²) in [5.41, 5.74) is -0.933. The number of hydrogen-bond donors (Lipinski definition) is 1. The lowest BCUT2D eigenvalue weighted by molar-refractivity contribution is -0.0788. The fourth-order valence-corrected chi connectivity index (χ4v) is 7.49. The zero-order valence-electron chi connectivity index (χ0n) is 27.4. The largest absolute Gasteiger partial charge is 0.493 e. The van der Waals surface area contributed by atoms with Crippen molar-refractivity contribution in [1.82, 2.24) is 9.13 Å². The van der Waals surface area contributed by atoms with Crippen molar-refractivity contribution in [2.24, 2.45) is 20.0 Å². The van der Waals surface area contributed by atoms with Crippen molar-refractivity contribution in [3.63, 3.8) is 0 Å². The summed E-state index contributed by atoms with van der Waals surface area (Å²) in [6, 6.07) is 7.22. The van der Waals surface area contributed by atoms with E-state index in [1.807, 2.05) is 26.0 Å². The normalized spacial score (nSPS) is 20.0. The number of methoxy groups -OCH3 is 4. The highest BCUT2D eigenvalue weighted by Crippen LogP contribution is 2.59. The maximum absolute atomic E-state index is 14.4. The number of hydrogen-bond acceptors (Lipinski definition) is 9.